The van der Waals surface area contributed by atoms with Gasteiger partial charge in [0.1, 0.15) is 23.0 Å². The van der Waals surface area contributed by atoms with Gasteiger partial charge in [-0.2, -0.15) is 5.10 Å². The van der Waals surface area contributed by atoms with Crippen LogP contribution in [0.1, 0.15) is 16.1 Å². The molecule has 6 nitrogen and oxygen atoms in total. The Bertz CT molecular complexity index is 1100. The van der Waals surface area contributed by atoms with Crippen LogP contribution in [0.2, 0.25) is 0 Å². The number of carbonyl (C=O) groups excluding carboxylic acids is 1. The third kappa shape index (κ3) is 4.03. The Morgan fingerprint density at radius 1 is 1.14 bits per heavy atom. The van der Waals surface area contributed by atoms with Crippen LogP contribution in [0, 0.1) is 5.82 Å². The Labute approximate surface area is 166 Å². The fraction of sp³-hybridized carbons (Fsp3) is 0.0909. The summed E-state index contributed by atoms with van der Waals surface area (Å²) in [6.07, 6.45) is 1.55. The molecule has 0 unspecified atom stereocenters. The van der Waals surface area contributed by atoms with E-state index in [-0.39, 0.29) is 18.3 Å². The van der Waals surface area contributed by atoms with E-state index >= 15 is 0 Å². The molecule has 4 rings (SSSR count). The first kappa shape index (κ1) is 18.5. The number of hydrogen-bond acceptors (Lipinski definition) is 4. The van der Waals surface area contributed by atoms with Crippen LogP contribution in [-0.4, -0.2) is 22.8 Å². The number of benzene rings is 2. The molecular weight excluding hydrogens is 373 g/mol. The Morgan fingerprint density at radius 2 is 1.90 bits per heavy atom. The second kappa shape index (κ2) is 8.02. The first-order chi connectivity index (χ1) is 14.1. The maximum Gasteiger partial charge on any atom is 0.270 e. The summed E-state index contributed by atoms with van der Waals surface area (Å²) in [4.78, 5) is 12.9. The van der Waals surface area contributed by atoms with Gasteiger partial charge in [-0.1, -0.05) is 12.1 Å². The van der Waals surface area contributed by atoms with E-state index in [4.69, 9.17) is 9.15 Å². The van der Waals surface area contributed by atoms with Crippen molar-refractivity contribution >= 4 is 5.91 Å². The normalized spacial score (nSPS) is 10.7. The van der Waals surface area contributed by atoms with Gasteiger partial charge in [-0.05, 0) is 54.1 Å². The molecule has 0 radical (unpaired) electrons. The van der Waals surface area contributed by atoms with Gasteiger partial charge in [-0.25, -0.2) is 9.07 Å². The summed E-state index contributed by atoms with van der Waals surface area (Å²) in [6, 6.07) is 18.4. The zero-order valence-corrected chi connectivity index (χ0v) is 15.6. The summed E-state index contributed by atoms with van der Waals surface area (Å²) in [7, 11) is 1.59. The molecule has 2 heterocycles. The van der Waals surface area contributed by atoms with Crippen molar-refractivity contribution in [1.82, 2.24) is 15.1 Å². The zero-order valence-electron chi connectivity index (χ0n) is 15.6. The van der Waals surface area contributed by atoms with Crippen molar-refractivity contribution in [3.63, 3.8) is 0 Å². The standard InChI is InChI=1S/C22H18FN3O3/c1-28-18-10-8-17(9-11-18)26-20(13-19(25-26)21-3-2-12-29-21)22(27)24-14-15-4-6-16(23)7-5-15/h2-13H,14H2,1H3,(H,24,27). The van der Waals surface area contributed by atoms with Crippen LogP contribution in [0.25, 0.3) is 17.1 Å². The van der Waals surface area contributed by atoms with Gasteiger partial charge in [0.05, 0.1) is 19.1 Å². The van der Waals surface area contributed by atoms with Crippen LogP contribution in [0.15, 0.2) is 77.4 Å². The lowest BCUT2D eigenvalue weighted by molar-refractivity contribution is 0.0943. The molecule has 1 amide bonds. The fourth-order valence-electron chi connectivity index (χ4n) is 2.88. The fourth-order valence-corrected chi connectivity index (χ4v) is 2.88. The van der Waals surface area contributed by atoms with E-state index in [1.165, 1.54) is 12.1 Å². The van der Waals surface area contributed by atoms with Crippen molar-refractivity contribution in [2.45, 2.75) is 6.54 Å². The topological polar surface area (TPSA) is 69.3 Å². The number of rotatable bonds is 6. The smallest absolute Gasteiger partial charge is 0.270 e. The molecule has 0 spiro atoms. The van der Waals surface area contributed by atoms with Crippen molar-refractivity contribution in [3.05, 3.63) is 90.1 Å². The maximum atomic E-state index is 13.1. The van der Waals surface area contributed by atoms with Gasteiger partial charge < -0.3 is 14.5 Å². The number of amides is 1. The van der Waals surface area contributed by atoms with E-state index < -0.39 is 0 Å². The van der Waals surface area contributed by atoms with Crippen LogP contribution in [0.3, 0.4) is 0 Å². The number of ether oxygens (including phenoxy) is 1. The van der Waals surface area contributed by atoms with E-state index in [0.29, 0.717) is 28.6 Å². The van der Waals surface area contributed by atoms with Crippen LogP contribution in [0.4, 0.5) is 4.39 Å². The molecule has 0 atom stereocenters. The van der Waals surface area contributed by atoms with Gasteiger partial charge in [0.2, 0.25) is 0 Å². The van der Waals surface area contributed by atoms with Crippen LogP contribution in [-0.2, 0) is 6.54 Å². The van der Waals surface area contributed by atoms with Gasteiger partial charge in [0, 0.05) is 12.6 Å². The SMILES string of the molecule is COc1ccc(-n2nc(-c3ccco3)cc2C(=O)NCc2ccc(F)cc2)cc1. The molecule has 0 saturated heterocycles. The largest absolute Gasteiger partial charge is 0.497 e. The number of nitrogens with one attached hydrogen (secondary N) is 1. The first-order valence-electron chi connectivity index (χ1n) is 8.95. The highest BCUT2D eigenvalue weighted by molar-refractivity contribution is 5.94. The van der Waals surface area contributed by atoms with E-state index in [1.54, 1.807) is 60.5 Å². The molecule has 0 aliphatic carbocycles. The molecular formula is C22H18FN3O3. The van der Waals surface area contributed by atoms with Crippen molar-refractivity contribution in [2.24, 2.45) is 0 Å². The van der Waals surface area contributed by atoms with E-state index in [9.17, 15) is 9.18 Å². The summed E-state index contributed by atoms with van der Waals surface area (Å²) < 4.78 is 25.2. The number of carbonyl (C=O) groups is 1. The summed E-state index contributed by atoms with van der Waals surface area (Å²) in [6.45, 7) is 0.267. The predicted molar refractivity (Wildman–Crippen MR) is 105 cm³/mol. The van der Waals surface area contributed by atoms with Gasteiger partial charge in [-0.3, -0.25) is 4.79 Å². The molecule has 146 valence electrons. The lowest BCUT2D eigenvalue weighted by atomic mass is 10.2. The molecule has 0 bridgehead atoms. The lowest BCUT2D eigenvalue weighted by Crippen LogP contribution is -2.25. The summed E-state index contributed by atoms with van der Waals surface area (Å²) in [5.74, 6) is 0.635. The Hall–Kier alpha value is -3.87. The average molecular weight is 391 g/mol. The Morgan fingerprint density at radius 3 is 2.55 bits per heavy atom. The molecule has 2 aromatic carbocycles. The van der Waals surface area contributed by atoms with Crippen molar-refractivity contribution < 1.29 is 18.3 Å². The van der Waals surface area contributed by atoms with Gasteiger partial charge in [0.15, 0.2) is 5.76 Å². The van der Waals surface area contributed by atoms with E-state index in [2.05, 4.69) is 10.4 Å². The van der Waals surface area contributed by atoms with E-state index in [1.807, 2.05) is 12.1 Å². The second-order valence-electron chi connectivity index (χ2n) is 6.31. The molecule has 1 N–H and O–H groups in total. The molecule has 0 aliphatic heterocycles. The van der Waals surface area contributed by atoms with Gasteiger partial charge in [-0.15, -0.1) is 0 Å². The van der Waals surface area contributed by atoms with E-state index in [0.717, 1.165) is 5.56 Å². The number of hydrogen-bond donors (Lipinski definition) is 1. The summed E-state index contributed by atoms with van der Waals surface area (Å²) in [5.41, 5.74) is 2.39. The molecule has 0 aliphatic rings. The van der Waals surface area contributed by atoms with Crippen molar-refractivity contribution in [3.8, 4) is 22.9 Å². The molecule has 4 aromatic rings. The molecule has 7 heteroatoms. The average Bonchev–Trinajstić information content (AvgIpc) is 3.43. The van der Waals surface area contributed by atoms with Gasteiger partial charge in [0.25, 0.3) is 5.91 Å². The molecule has 0 saturated carbocycles. The van der Waals surface area contributed by atoms with Crippen LogP contribution >= 0.6 is 0 Å². The van der Waals surface area contributed by atoms with Crippen molar-refractivity contribution in [1.29, 1.82) is 0 Å². The number of nitrogens with zero attached hydrogens (tertiary/aromatic N) is 2. The summed E-state index contributed by atoms with van der Waals surface area (Å²) >= 11 is 0. The third-order valence-electron chi connectivity index (χ3n) is 4.40. The monoisotopic (exact) mass is 391 g/mol. The number of methoxy groups -OCH3 is 1. The highest BCUT2D eigenvalue weighted by Crippen LogP contribution is 2.23. The Kier molecular flexibility index (Phi) is 5.11. The quantitative estimate of drug-likeness (QED) is 0.535. The highest BCUT2D eigenvalue weighted by Gasteiger charge is 2.18. The second-order valence-corrected chi connectivity index (χ2v) is 6.31. The molecule has 0 fully saturated rings. The minimum atomic E-state index is -0.319. The zero-order chi connectivity index (χ0) is 20.2. The summed E-state index contributed by atoms with van der Waals surface area (Å²) in [5, 5.41) is 7.39. The maximum absolute atomic E-state index is 13.1. The number of furan rings is 1. The van der Waals surface area contributed by atoms with Crippen LogP contribution in [0.5, 0.6) is 5.75 Å². The highest BCUT2D eigenvalue weighted by atomic mass is 19.1. The van der Waals surface area contributed by atoms with Crippen molar-refractivity contribution in [2.75, 3.05) is 7.11 Å². The van der Waals surface area contributed by atoms with Gasteiger partial charge >= 0.3 is 0 Å². The first-order valence-corrected chi connectivity index (χ1v) is 8.95. The molecule has 29 heavy (non-hydrogen) atoms. The minimum absolute atomic E-state index is 0.267. The number of halogens is 1. The number of aromatic nitrogens is 2. The molecule has 2 aromatic heterocycles. The lowest BCUT2D eigenvalue weighted by Gasteiger charge is -2.09. The Balaban J connectivity index is 1.64. The van der Waals surface area contributed by atoms with Crippen LogP contribution < -0.4 is 10.1 Å². The third-order valence-corrected chi connectivity index (χ3v) is 4.40. The predicted octanol–water partition coefficient (Wildman–Crippen LogP) is 4.21. The minimum Gasteiger partial charge on any atom is -0.497 e.